The molecule has 1 aromatic heterocycles. The molecule has 0 bridgehead atoms. The van der Waals surface area contributed by atoms with Crippen LogP contribution >= 0.6 is 0 Å². The van der Waals surface area contributed by atoms with Gasteiger partial charge in [0.15, 0.2) is 0 Å². The van der Waals surface area contributed by atoms with E-state index in [4.69, 9.17) is 16.3 Å². The van der Waals surface area contributed by atoms with Gasteiger partial charge < -0.3 is 11.1 Å². The lowest BCUT2D eigenvalue weighted by atomic mass is 10.1. The van der Waals surface area contributed by atoms with Crippen molar-refractivity contribution < 1.29 is 4.57 Å². The molecule has 0 aliphatic carbocycles. The topological polar surface area (TPSA) is 91.3 Å². The van der Waals surface area contributed by atoms with E-state index in [0.717, 1.165) is 13.0 Å². The Morgan fingerprint density at radius 3 is 2.47 bits per heavy atom. The lowest BCUT2D eigenvalue weighted by Gasteiger charge is -1.96. The number of hydrogen-bond acceptors (Lipinski definition) is 1. The maximum atomic E-state index is 8.35. The van der Waals surface area contributed by atoms with Gasteiger partial charge in [-0.2, -0.15) is 5.26 Å². The van der Waals surface area contributed by atoms with Crippen molar-refractivity contribution in [2.24, 2.45) is 7.05 Å². The zero-order chi connectivity index (χ0) is 12.9. The van der Waals surface area contributed by atoms with E-state index in [0.29, 0.717) is 6.42 Å². The summed E-state index contributed by atoms with van der Waals surface area (Å²) in [5.41, 5.74) is 13.5. The Labute approximate surface area is 102 Å². The van der Waals surface area contributed by atoms with E-state index in [1.807, 2.05) is 7.05 Å². The molecule has 0 atom stereocenters. The molecular formula is C11H18N6. The average molecular weight is 234 g/mol. The van der Waals surface area contributed by atoms with Crippen molar-refractivity contribution in [3.63, 3.8) is 0 Å². The number of imidazole rings is 1. The van der Waals surface area contributed by atoms with E-state index in [-0.39, 0.29) is 0 Å². The SMILES string of the molecule is C[n+]1ccn(CCCCCCC#N)c1.[N-]=[N+]=[N-]. The highest BCUT2D eigenvalue weighted by Crippen LogP contribution is 2.03. The number of rotatable bonds is 6. The van der Waals surface area contributed by atoms with Gasteiger partial charge in [0.05, 0.1) is 19.7 Å². The van der Waals surface area contributed by atoms with Gasteiger partial charge in [-0.1, -0.05) is 6.42 Å². The van der Waals surface area contributed by atoms with Crippen LogP contribution < -0.4 is 4.57 Å². The summed E-state index contributed by atoms with van der Waals surface area (Å²) in [6, 6.07) is 2.17. The third-order valence-electron chi connectivity index (χ3n) is 2.28. The zero-order valence-corrected chi connectivity index (χ0v) is 10.2. The van der Waals surface area contributed by atoms with Gasteiger partial charge in [0.1, 0.15) is 12.4 Å². The third-order valence-corrected chi connectivity index (χ3v) is 2.28. The van der Waals surface area contributed by atoms with Crippen molar-refractivity contribution in [1.82, 2.24) is 4.57 Å². The molecule has 6 heteroatoms. The van der Waals surface area contributed by atoms with E-state index in [1.54, 1.807) is 0 Å². The van der Waals surface area contributed by atoms with Crippen molar-refractivity contribution in [2.75, 3.05) is 0 Å². The Hall–Kier alpha value is -1.99. The molecule has 0 aliphatic rings. The number of aromatic nitrogens is 2. The Kier molecular flexibility index (Phi) is 9.29. The van der Waals surface area contributed by atoms with Gasteiger partial charge in [-0.25, -0.2) is 9.13 Å². The first kappa shape index (κ1) is 15.0. The Morgan fingerprint density at radius 2 is 1.94 bits per heavy atom. The summed E-state index contributed by atoms with van der Waals surface area (Å²) in [5, 5.41) is 8.35. The normalized spacial score (nSPS) is 8.71. The first-order chi connectivity index (χ1) is 8.24. The highest BCUT2D eigenvalue weighted by Gasteiger charge is 1.98. The molecule has 0 fully saturated rings. The van der Waals surface area contributed by atoms with E-state index in [1.165, 1.54) is 24.2 Å². The highest BCUT2D eigenvalue weighted by molar-refractivity contribution is 4.68. The lowest BCUT2D eigenvalue weighted by molar-refractivity contribution is -0.671. The highest BCUT2D eigenvalue weighted by atomic mass is 15.1. The lowest BCUT2D eigenvalue weighted by Crippen LogP contribution is -2.23. The fourth-order valence-corrected chi connectivity index (χ4v) is 1.49. The quantitative estimate of drug-likeness (QED) is 0.244. The largest absolute Gasteiger partial charge is 0.373 e. The van der Waals surface area contributed by atoms with Crippen LogP contribution in [-0.2, 0) is 13.6 Å². The minimum absolute atomic E-state index is 0.707. The number of aryl methyl sites for hydroxylation is 2. The summed E-state index contributed by atoms with van der Waals surface area (Å²) in [7, 11) is 2.03. The maximum absolute atomic E-state index is 8.35. The molecule has 1 aromatic rings. The molecule has 92 valence electrons. The molecule has 0 saturated heterocycles. The van der Waals surface area contributed by atoms with E-state index in [9.17, 15) is 0 Å². The van der Waals surface area contributed by atoms with Crippen molar-refractivity contribution in [2.45, 2.75) is 38.6 Å². The molecule has 0 aliphatic heterocycles. The predicted octanol–water partition coefficient (Wildman–Crippen LogP) is 2.65. The summed E-state index contributed by atoms with van der Waals surface area (Å²) in [5.74, 6) is 0. The van der Waals surface area contributed by atoms with Gasteiger partial charge in [0, 0.05) is 6.42 Å². The van der Waals surface area contributed by atoms with Crippen molar-refractivity contribution in [3.8, 4) is 6.07 Å². The van der Waals surface area contributed by atoms with Crippen LogP contribution in [0.4, 0.5) is 0 Å². The predicted molar refractivity (Wildman–Crippen MR) is 64.4 cm³/mol. The van der Waals surface area contributed by atoms with E-state index < -0.39 is 0 Å². The van der Waals surface area contributed by atoms with Gasteiger partial charge in [0.25, 0.3) is 0 Å². The van der Waals surface area contributed by atoms with Crippen LogP contribution in [0.1, 0.15) is 32.1 Å². The molecule has 0 spiro atoms. The van der Waals surface area contributed by atoms with Gasteiger partial charge in [0.2, 0.25) is 6.33 Å². The Morgan fingerprint density at radius 1 is 1.29 bits per heavy atom. The first-order valence-corrected chi connectivity index (χ1v) is 5.61. The zero-order valence-electron chi connectivity index (χ0n) is 10.2. The van der Waals surface area contributed by atoms with Crippen molar-refractivity contribution in [3.05, 3.63) is 34.7 Å². The second-order valence-electron chi connectivity index (χ2n) is 3.73. The molecular weight excluding hydrogens is 216 g/mol. The molecule has 0 aromatic carbocycles. The van der Waals surface area contributed by atoms with Gasteiger partial charge in [-0.15, -0.1) is 0 Å². The van der Waals surface area contributed by atoms with E-state index >= 15 is 0 Å². The van der Waals surface area contributed by atoms with Crippen LogP contribution in [0, 0.1) is 11.3 Å². The smallest absolute Gasteiger partial charge is 0.243 e. The van der Waals surface area contributed by atoms with Crippen LogP contribution in [-0.4, -0.2) is 4.57 Å². The van der Waals surface area contributed by atoms with Crippen molar-refractivity contribution in [1.29, 1.82) is 5.26 Å². The van der Waals surface area contributed by atoms with Crippen LogP contribution in [0.15, 0.2) is 18.7 Å². The molecule has 1 heterocycles. The molecule has 0 amide bonds. The minimum atomic E-state index is 0.707. The van der Waals surface area contributed by atoms with Crippen LogP contribution in [0.2, 0.25) is 0 Å². The molecule has 0 N–H and O–H groups in total. The number of nitrogens with zero attached hydrogens (tertiary/aromatic N) is 6. The second-order valence-corrected chi connectivity index (χ2v) is 3.73. The summed E-state index contributed by atoms with van der Waals surface area (Å²) >= 11 is 0. The summed E-state index contributed by atoms with van der Waals surface area (Å²) in [4.78, 5) is 1.50. The molecule has 1 rings (SSSR count). The number of nitriles is 1. The summed E-state index contributed by atoms with van der Waals surface area (Å²) < 4.78 is 4.25. The summed E-state index contributed by atoms with van der Waals surface area (Å²) in [6.45, 7) is 1.09. The number of unbranched alkanes of at least 4 members (excludes halogenated alkanes) is 4. The standard InChI is InChI=1S/C11H18N3.N3/c1-13-9-10-14(11-13)8-6-4-2-3-5-7-12;1-3-2/h9-11H,2-6,8H2,1H3;/q+1;-1. The first-order valence-electron chi connectivity index (χ1n) is 5.61. The Bertz CT molecular complexity index is 370. The molecule has 17 heavy (non-hydrogen) atoms. The average Bonchev–Trinajstić information content (AvgIpc) is 2.70. The van der Waals surface area contributed by atoms with Gasteiger partial charge in [-0.05, 0) is 19.3 Å². The molecule has 0 radical (unpaired) electrons. The third kappa shape index (κ3) is 8.97. The molecule has 6 nitrogen and oxygen atoms in total. The molecule has 0 unspecified atom stereocenters. The summed E-state index contributed by atoms with van der Waals surface area (Å²) in [6.07, 6.45) is 11.6. The monoisotopic (exact) mass is 234 g/mol. The second kappa shape index (κ2) is 10.5. The fraction of sp³-hybridized carbons (Fsp3) is 0.636. The minimum Gasteiger partial charge on any atom is -0.373 e. The number of hydrogen-bond donors (Lipinski definition) is 0. The van der Waals surface area contributed by atoms with E-state index in [2.05, 4.69) is 33.9 Å². The van der Waals surface area contributed by atoms with Crippen molar-refractivity contribution >= 4 is 0 Å². The molecule has 0 saturated carbocycles. The maximum Gasteiger partial charge on any atom is 0.243 e. The Balaban J connectivity index is 0.000000770. The van der Waals surface area contributed by atoms with Crippen LogP contribution in [0.3, 0.4) is 0 Å². The fourth-order valence-electron chi connectivity index (χ4n) is 1.49. The van der Waals surface area contributed by atoms with Crippen LogP contribution in [0.25, 0.3) is 16.0 Å². The van der Waals surface area contributed by atoms with Gasteiger partial charge >= 0.3 is 0 Å². The van der Waals surface area contributed by atoms with Gasteiger partial charge in [-0.3, -0.25) is 4.91 Å². The van der Waals surface area contributed by atoms with Crippen LogP contribution in [0.5, 0.6) is 0 Å².